The van der Waals surface area contributed by atoms with Gasteiger partial charge in [0.05, 0.1) is 17.0 Å². The van der Waals surface area contributed by atoms with E-state index in [9.17, 15) is 26.4 Å². The Kier molecular flexibility index (Phi) is 6.89. The van der Waals surface area contributed by atoms with Gasteiger partial charge in [0.1, 0.15) is 22.2 Å². The molecule has 32 heavy (non-hydrogen) atoms. The quantitative estimate of drug-likeness (QED) is 0.520. The van der Waals surface area contributed by atoms with Crippen molar-refractivity contribution >= 4 is 32.8 Å². The summed E-state index contributed by atoms with van der Waals surface area (Å²) in [6, 6.07) is 11.1. The topological polar surface area (TPSA) is 85.4 Å². The van der Waals surface area contributed by atoms with E-state index in [0.717, 1.165) is 29.7 Å². The predicted molar refractivity (Wildman–Crippen MR) is 117 cm³/mol. The van der Waals surface area contributed by atoms with Gasteiger partial charge in [0.15, 0.2) is 9.84 Å². The molecule has 3 rings (SSSR count). The average molecular weight is 485 g/mol. The minimum atomic E-state index is -4.43. The Morgan fingerprint density at radius 2 is 1.84 bits per heavy atom. The molecule has 1 heterocycles. The van der Waals surface area contributed by atoms with E-state index in [1.54, 1.807) is 31.2 Å². The van der Waals surface area contributed by atoms with E-state index in [2.05, 4.69) is 10.3 Å². The number of nitrogens with zero attached hydrogens (tertiary/aromatic N) is 1. The highest BCUT2D eigenvalue weighted by molar-refractivity contribution is 7.90. The molecule has 11 heteroatoms. The van der Waals surface area contributed by atoms with Gasteiger partial charge in [-0.1, -0.05) is 18.2 Å². The van der Waals surface area contributed by atoms with Gasteiger partial charge in [0.2, 0.25) is 0 Å². The third-order valence-electron chi connectivity index (χ3n) is 4.28. The van der Waals surface area contributed by atoms with Crippen LogP contribution in [-0.4, -0.2) is 37.9 Å². The van der Waals surface area contributed by atoms with Gasteiger partial charge < -0.3 is 10.1 Å². The van der Waals surface area contributed by atoms with Crippen LogP contribution in [-0.2, 0) is 16.0 Å². The summed E-state index contributed by atoms with van der Waals surface area (Å²) in [4.78, 5) is 17.3. The van der Waals surface area contributed by atoms with E-state index < -0.39 is 27.5 Å². The first-order chi connectivity index (χ1) is 14.9. The van der Waals surface area contributed by atoms with Gasteiger partial charge in [-0.2, -0.15) is 13.2 Å². The summed E-state index contributed by atoms with van der Waals surface area (Å²) in [6.07, 6.45) is -3.31. The number of sulfone groups is 1. The van der Waals surface area contributed by atoms with Gasteiger partial charge in [0, 0.05) is 23.6 Å². The molecule has 0 aliphatic carbocycles. The van der Waals surface area contributed by atoms with Crippen LogP contribution >= 0.6 is 11.3 Å². The maximum Gasteiger partial charge on any atom is 0.416 e. The van der Waals surface area contributed by atoms with Crippen molar-refractivity contribution in [3.05, 3.63) is 64.7 Å². The average Bonchev–Trinajstić information content (AvgIpc) is 3.08. The zero-order valence-electron chi connectivity index (χ0n) is 17.1. The Morgan fingerprint density at radius 1 is 1.16 bits per heavy atom. The van der Waals surface area contributed by atoms with Gasteiger partial charge in [0.25, 0.3) is 5.91 Å². The number of nitrogens with one attached hydrogen (secondary N) is 1. The van der Waals surface area contributed by atoms with Crippen LogP contribution in [0.25, 0.3) is 10.6 Å². The third-order valence-corrected chi connectivity index (χ3v) is 6.39. The Bertz CT molecular complexity index is 1220. The largest absolute Gasteiger partial charge is 0.492 e. The molecule has 0 saturated carbocycles. The number of hydrogen-bond donors (Lipinski definition) is 1. The van der Waals surface area contributed by atoms with Gasteiger partial charge >= 0.3 is 6.18 Å². The van der Waals surface area contributed by atoms with E-state index in [1.807, 2.05) is 0 Å². The van der Waals surface area contributed by atoms with Crippen LogP contribution in [0, 0.1) is 6.92 Å². The maximum absolute atomic E-state index is 12.8. The van der Waals surface area contributed by atoms with Crippen molar-refractivity contribution in [3.63, 3.8) is 0 Å². The number of alkyl halides is 3. The van der Waals surface area contributed by atoms with E-state index in [4.69, 9.17) is 4.74 Å². The standard InChI is InChI=1S/C21H19F3N2O4S2/c1-13-18(31-20(25-13)14-6-8-15(9-7-14)21(22,23)24)19(27)26-16-4-3-5-17(12-16)30-10-11-32(2,28)29/h3-9,12H,10-11H2,1-2H3,(H,26,27). The summed E-state index contributed by atoms with van der Waals surface area (Å²) in [5.41, 5.74) is 0.608. The SMILES string of the molecule is Cc1nc(-c2ccc(C(F)(F)F)cc2)sc1C(=O)Nc1cccc(OCCS(C)(=O)=O)c1. The monoisotopic (exact) mass is 484 g/mol. The lowest BCUT2D eigenvalue weighted by Crippen LogP contribution is -2.13. The molecule has 1 N–H and O–H groups in total. The number of amides is 1. The molecule has 0 aliphatic rings. The molecule has 0 saturated heterocycles. The van der Waals surface area contributed by atoms with Crippen LogP contribution in [0.15, 0.2) is 48.5 Å². The van der Waals surface area contributed by atoms with E-state index in [0.29, 0.717) is 32.6 Å². The summed E-state index contributed by atoms with van der Waals surface area (Å²) >= 11 is 1.07. The summed E-state index contributed by atoms with van der Waals surface area (Å²) in [5, 5.41) is 3.15. The molecule has 0 unspecified atom stereocenters. The van der Waals surface area contributed by atoms with Crippen LogP contribution in [0.3, 0.4) is 0 Å². The number of ether oxygens (including phenoxy) is 1. The molecule has 0 fully saturated rings. The van der Waals surface area contributed by atoms with Gasteiger partial charge in [-0.15, -0.1) is 11.3 Å². The second-order valence-electron chi connectivity index (χ2n) is 6.97. The maximum atomic E-state index is 12.8. The first-order valence-electron chi connectivity index (χ1n) is 9.29. The van der Waals surface area contributed by atoms with Crippen molar-refractivity contribution in [2.45, 2.75) is 13.1 Å². The molecular formula is C21H19F3N2O4S2. The number of carbonyl (C=O) groups is 1. The van der Waals surface area contributed by atoms with Crippen molar-refractivity contribution in [3.8, 4) is 16.3 Å². The summed E-state index contributed by atoms with van der Waals surface area (Å²) in [5.74, 6) is -0.152. The van der Waals surface area contributed by atoms with E-state index >= 15 is 0 Å². The molecule has 3 aromatic rings. The van der Waals surface area contributed by atoms with Crippen molar-refractivity contribution in [1.29, 1.82) is 0 Å². The first kappa shape index (κ1) is 23.7. The number of aromatic nitrogens is 1. The highest BCUT2D eigenvalue weighted by Crippen LogP contribution is 2.33. The number of hydrogen-bond acceptors (Lipinski definition) is 6. The summed E-state index contributed by atoms with van der Waals surface area (Å²) in [7, 11) is -3.15. The Morgan fingerprint density at radius 3 is 2.47 bits per heavy atom. The molecule has 0 spiro atoms. The Balaban J connectivity index is 1.71. The van der Waals surface area contributed by atoms with Crippen molar-refractivity contribution in [2.75, 3.05) is 23.9 Å². The van der Waals surface area contributed by atoms with Gasteiger partial charge in [-0.3, -0.25) is 4.79 Å². The summed E-state index contributed by atoms with van der Waals surface area (Å²) in [6.45, 7) is 1.63. The van der Waals surface area contributed by atoms with Crippen LogP contribution in [0.2, 0.25) is 0 Å². The van der Waals surface area contributed by atoms with Crippen LogP contribution in [0.4, 0.5) is 18.9 Å². The van der Waals surface area contributed by atoms with Crippen LogP contribution in [0.5, 0.6) is 5.75 Å². The number of rotatable bonds is 7. The molecule has 0 bridgehead atoms. The molecule has 0 radical (unpaired) electrons. The Labute approximate surface area is 187 Å². The van der Waals surface area contributed by atoms with Crippen LogP contribution in [0.1, 0.15) is 20.9 Å². The molecule has 6 nitrogen and oxygen atoms in total. The van der Waals surface area contributed by atoms with Crippen molar-refractivity contribution in [1.82, 2.24) is 4.98 Å². The smallest absolute Gasteiger partial charge is 0.416 e. The van der Waals surface area contributed by atoms with Gasteiger partial charge in [-0.25, -0.2) is 13.4 Å². The molecule has 2 aromatic carbocycles. The number of benzene rings is 2. The van der Waals surface area contributed by atoms with Crippen LogP contribution < -0.4 is 10.1 Å². The normalized spacial score (nSPS) is 11.9. The van der Waals surface area contributed by atoms with Crippen molar-refractivity contribution in [2.24, 2.45) is 0 Å². The fourth-order valence-corrected chi connectivity index (χ4v) is 4.05. The molecule has 1 amide bonds. The lowest BCUT2D eigenvalue weighted by Gasteiger charge is -2.08. The number of thiazole rings is 1. The van der Waals surface area contributed by atoms with E-state index in [-0.39, 0.29) is 12.4 Å². The van der Waals surface area contributed by atoms with Crippen molar-refractivity contribution < 1.29 is 31.1 Å². The second kappa shape index (κ2) is 9.29. The number of carbonyl (C=O) groups excluding carboxylic acids is 1. The number of aryl methyl sites for hydroxylation is 1. The number of halogens is 3. The molecule has 0 aliphatic heterocycles. The zero-order valence-corrected chi connectivity index (χ0v) is 18.7. The second-order valence-corrected chi connectivity index (χ2v) is 10.2. The highest BCUT2D eigenvalue weighted by Gasteiger charge is 2.30. The Hall–Kier alpha value is -2.92. The fourth-order valence-electron chi connectivity index (χ4n) is 2.69. The molecule has 170 valence electrons. The minimum Gasteiger partial charge on any atom is -0.492 e. The number of anilines is 1. The zero-order chi connectivity index (χ0) is 23.5. The highest BCUT2D eigenvalue weighted by atomic mass is 32.2. The van der Waals surface area contributed by atoms with E-state index in [1.165, 1.54) is 12.1 Å². The third kappa shape index (κ3) is 6.30. The molecule has 0 atom stereocenters. The minimum absolute atomic E-state index is 0.0132. The fraction of sp³-hybridized carbons (Fsp3) is 0.238. The first-order valence-corrected chi connectivity index (χ1v) is 12.2. The predicted octanol–water partition coefficient (Wildman–Crippen LogP) is 4.81. The lowest BCUT2D eigenvalue weighted by atomic mass is 10.1. The van der Waals surface area contributed by atoms with Gasteiger partial charge in [-0.05, 0) is 31.2 Å². The molecule has 1 aromatic heterocycles. The molecular weight excluding hydrogens is 465 g/mol. The summed E-state index contributed by atoms with van der Waals surface area (Å²) < 4.78 is 66.1. The lowest BCUT2D eigenvalue weighted by molar-refractivity contribution is -0.137.